The molecule has 35 heavy (non-hydrogen) atoms. The number of nitrogens with one attached hydrogen (secondary N) is 1. The summed E-state index contributed by atoms with van der Waals surface area (Å²) in [4.78, 5) is 28.9. The number of nitrogens with zero attached hydrogens (tertiary/aromatic N) is 4. The monoisotopic (exact) mass is 473 g/mol. The Balaban J connectivity index is 1.77. The van der Waals surface area contributed by atoms with Crippen molar-refractivity contribution in [2.45, 2.75) is 12.6 Å². The number of hydrogen-bond donors (Lipinski definition) is 1. The molecule has 0 saturated carbocycles. The van der Waals surface area contributed by atoms with E-state index in [9.17, 15) is 9.59 Å². The van der Waals surface area contributed by atoms with E-state index in [1.165, 1.54) is 4.90 Å². The SMILES string of the molecule is COCCNC(=O)[C@@H](c1cccc(OC)c1)N(C(=O)Cn1nnc2ccccc21)c1ccccc1. The van der Waals surface area contributed by atoms with Crippen molar-refractivity contribution in [3.63, 3.8) is 0 Å². The minimum absolute atomic E-state index is 0.0960. The van der Waals surface area contributed by atoms with Crippen molar-refractivity contribution in [1.82, 2.24) is 20.3 Å². The van der Waals surface area contributed by atoms with Gasteiger partial charge in [-0.15, -0.1) is 5.10 Å². The van der Waals surface area contributed by atoms with Crippen molar-refractivity contribution in [3.05, 3.63) is 84.4 Å². The summed E-state index contributed by atoms with van der Waals surface area (Å²) in [6.45, 7) is 0.558. The summed E-state index contributed by atoms with van der Waals surface area (Å²) in [7, 11) is 3.12. The highest BCUT2D eigenvalue weighted by atomic mass is 16.5. The number of carbonyl (C=O) groups excluding carboxylic acids is 2. The third kappa shape index (κ3) is 5.47. The lowest BCUT2D eigenvalue weighted by Gasteiger charge is -2.31. The number of hydrogen-bond acceptors (Lipinski definition) is 6. The molecular weight excluding hydrogens is 446 g/mol. The Labute approximate surface area is 203 Å². The molecule has 1 heterocycles. The van der Waals surface area contributed by atoms with Gasteiger partial charge in [0, 0.05) is 19.3 Å². The Kier molecular flexibility index (Phi) is 7.69. The van der Waals surface area contributed by atoms with Gasteiger partial charge in [-0.2, -0.15) is 0 Å². The van der Waals surface area contributed by atoms with Gasteiger partial charge in [-0.05, 0) is 42.0 Å². The number of para-hydroxylation sites is 2. The molecule has 0 aliphatic heterocycles. The van der Waals surface area contributed by atoms with E-state index in [2.05, 4.69) is 15.6 Å². The lowest BCUT2D eigenvalue weighted by Crippen LogP contribution is -2.46. The fourth-order valence-corrected chi connectivity index (χ4v) is 3.87. The van der Waals surface area contributed by atoms with E-state index in [0.717, 1.165) is 5.52 Å². The minimum Gasteiger partial charge on any atom is -0.497 e. The van der Waals surface area contributed by atoms with Crippen LogP contribution < -0.4 is 15.0 Å². The van der Waals surface area contributed by atoms with Crippen LogP contribution >= 0.6 is 0 Å². The standard InChI is InChI=1S/C26H27N5O4/c1-34-16-15-27-26(33)25(19-9-8-12-21(17-19)35-2)31(20-10-4-3-5-11-20)24(32)18-30-23-14-7-6-13-22(23)28-29-30/h3-14,17,25H,15-16,18H2,1-2H3,(H,27,33)/t25-/m1/s1. The molecule has 1 aromatic heterocycles. The van der Waals surface area contributed by atoms with Gasteiger partial charge in [0.1, 0.15) is 23.9 Å². The average molecular weight is 474 g/mol. The molecule has 0 saturated heterocycles. The Hall–Kier alpha value is -4.24. The second-order valence-corrected chi connectivity index (χ2v) is 7.80. The molecule has 0 unspecified atom stereocenters. The predicted molar refractivity (Wildman–Crippen MR) is 132 cm³/mol. The van der Waals surface area contributed by atoms with Crippen LogP contribution in [-0.2, 0) is 20.9 Å². The van der Waals surface area contributed by atoms with E-state index in [1.54, 1.807) is 55.3 Å². The van der Waals surface area contributed by atoms with Crippen molar-refractivity contribution in [3.8, 4) is 5.75 Å². The van der Waals surface area contributed by atoms with Crippen LogP contribution in [0.25, 0.3) is 11.0 Å². The zero-order valence-electron chi connectivity index (χ0n) is 19.6. The van der Waals surface area contributed by atoms with Gasteiger partial charge in [0.15, 0.2) is 0 Å². The second-order valence-electron chi connectivity index (χ2n) is 7.80. The summed E-state index contributed by atoms with van der Waals surface area (Å²) in [5.74, 6) is -0.0718. The fourth-order valence-electron chi connectivity index (χ4n) is 3.87. The van der Waals surface area contributed by atoms with Crippen molar-refractivity contribution in [1.29, 1.82) is 0 Å². The van der Waals surface area contributed by atoms with Crippen LogP contribution in [0.4, 0.5) is 5.69 Å². The second kappa shape index (κ2) is 11.3. The fraction of sp³-hybridized carbons (Fsp3) is 0.231. The highest BCUT2D eigenvalue weighted by molar-refractivity contribution is 6.01. The molecule has 9 heteroatoms. The number of methoxy groups -OCH3 is 2. The molecule has 3 aromatic carbocycles. The molecule has 1 N–H and O–H groups in total. The summed E-state index contributed by atoms with van der Waals surface area (Å²) in [6.07, 6.45) is 0. The Bertz CT molecular complexity index is 1290. The van der Waals surface area contributed by atoms with E-state index in [4.69, 9.17) is 9.47 Å². The molecule has 0 radical (unpaired) electrons. The number of anilines is 1. The average Bonchev–Trinajstić information content (AvgIpc) is 3.30. The summed E-state index contributed by atoms with van der Waals surface area (Å²) in [5, 5.41) is 11.2. The molecule has 0 aliphatic carbocycles. The van der Waals surface area contributed by atoms with Crippen molar-refractivity contribution in [2.24, 2.45) is 0 Å². The Morgan fingerprint density at radius 3 is 2.54 bits per heavy atom. The van der Waals surface area contributed by atoms with Gasteiger partial charge >= 0.3 is 0 Å². The van der Waals surface area contributed by atoms with Gasteiger partial charge in [0.05, 0.1) is 19.2 Å². The van der Waals surface area contributed by atoms with Gasteiger partial charge in [-0.3, -0.25) is 14.5 Å². The molecule has 0 bridgehead atoms. The zero-order valence-corrected chi connectivity index (χ0v) is 19.6. The largest absolute Gasteiger partial charge is 0.497 e. The number of aromatic nitrogens is 3. The molecule has 180 valence electrons. The summed E-state index contributed by atoms with van der Waals surface area (Å²) >= 11 is 0. The Morgan fingerprint density at radius 1 is 1.00 bits per heavy atom. The Morgan fingerprint density at radius 2 is 1.77 bits per heavy atom. The smallest absolute Gasteiger partial charge is 0.249 e. The number of ether oxygens (including phenoxy) is 2. The van der Waals surface area contributed by atoms with Crippen LogP contribution in [0.5, 0.6) is 5.75 Å². The number of fused-ring (bicyclic) bond motifs is 1. The lowest BCUT2D eigenvalue weighted by molar-refractivity contribution is -0.127. The quantitative estimate of drug-likeness (QED) is 0.356. The van der Waals surface area contributed by atoms with Gasteiger partial charge in [-0.25, -0.2) is 4.68 Å². The number of carbonyl (C=O) groups is 2. The molecule has 0 fully saturated rings. The van der Waals surface area contributed by atoms with Crippen LogP contribution in [0.15, 0.2) is 78.9 Å². The maximum Gasteiger partial charge on any atom is 0.249 e. The van der Waals surface area contributed by atoms with Gasteiger partial charge in [-0.1, -0.05) is 47.7 Å². The summed E-state index contributed by atoms with van der Waals surface area (Å²) < 4.78 is 12.0. The molecule has 2 amide bonds. The van der Waals surface area contributed by atoms with E-state index in [1.807, 2.05) is 42.5 Å². The van der Waals surface area contributed by atoms with Gasteiger partial charge in [0.2, 0.25) is 11.8 Å². The zero-order chi connectivity index (χ0) is 24.6. The number of rotatable bonds is 10. The van der Waals surface area contributed by atoms with Crippen molar-refractivity contribution >= 4 is 28.5 Å². The van der Waals surface area contributed by atoms with E-state index in [-0.39, 0.29) is 18.4 Å². The van der Waals surface area contributed by atoms with E-state index >= 15 is 0 Å². The third-order valence-electron chi connectivity index (χ3n) is 5.53. The number of amides is 2. The van der Waals surface area contributed by atoms with E-state index in [0.29, 0.717) is 35.7 Å². The maximum atomic E-state index is 13.9. The molecule has 4 rings (SSSR count). The molecular formula is C26H27N5O4. The predicted octanol–water partition coefficient (Wildman–Crippen LogP) is 2.98. The first-order chi connectivity index (χ1) is 17.1. The van der Waals surface area contributed by atoms with Crippen molar-refractivity contribution in [2.75, 3.05) is 32.3 Å². The first-order valence-corrected chi connectivity index (χ1v) is 11.2. The normalized spacial score (nSPS) is 11.7. The van der Waals surface area contributed by atoms with E-state index < -0.39 is 6.04 Å². The molecule has 4 aromatic rings. The molecule has 9 nitrogen and oxygen atoms in total. The van der Waals surface area contributed by atoms with Crippen LogP contribution in [-0.4, -0.2) is 54.2 Å². The van der Waals surface area contributed by atoms with Crippen LogP contribution in [0.2, 0.25) is 0 Å². The minimum atomic E-state index is -0.952. The lowest BCUT2D eigenvalue weighted by atomic mass is 10.0. The summed E-state index contributed by atoms with van der Waals surface area (Å²) in [5.41, 5.74) is 2.61. The maximum absolute atomic E-state index is 13.9. The first kappa shape index (κ1) is 23.9. The topological polar surface area (TPSA) is 98.6 Å². The van der Waals surface area contributed by atoms with Gasteiger partial charge in [0.25, 0.3) is 0 Å². The summed E-state index contributed by atoms with van der Waals surface area (Å²) in [6, 6.07) is 22.7. The third-order valence-corrected chi connectivity index (χ3v) is 5.53. The molecule has 1 atom stereocenters. The first-order valence-electron chi connectivity index (χ1n) is 11.2. The number of benzene rings is 3. The molecule has 0 spiro atoms. The molecule has 0 aliphatic rings. The van der Waals surface area contributed by atoms with Gasteiger partial charge < -0.3 is 14.8 Å². The van der Waals surface area contributed by atoms with Crippen LogP contribution in [0.1, 0.15) is 11.6 Å². The van der Waals surface area contributed by atoms with Crippen LogP contribution in [0, 0.1) is 0 Å². The highest BCUT2D eigenvalue weighted by Gasteiger charge is 2.33. The van der Waals surface area contributed by atoms with Crippen molar-refractivity contribution < 1.29 is 19.1 Å². The highest BCUT2D eigenvalue weighted by Crippen LogP contribution is 2.30. The van der Waals surface area contributed by atoms with Crippen LogP contribution in [0.3, 0.4) is 0 Å².